The second kappa shape index (κ2) is 7.05. The molecule has 0 aliphatic carbocycles. The van der Waals surface area contributed by atoms with Crippen molar-refractivity contribution in [2.24, 2.45) is 0 Å². The summed E-state index contributed by atoms with van der Waals surface area (Å²) < 4.78 is 5.07. The van der Waals surface area contributed by atoms with E-state index >= 15 is 0 Å². The van der Waals surface area contributed by atoms with Gasteiger partial charge in [-0.05, 0) is 18.6 Å². The number of nitrogens with one attached hydrogen (secondary N) is 2. The second-order valence-corrected chi connectivity index (χ2v) is 3.71. The van der Waals surface area contributed by atoms with Crippen LogP contribution in [-0.2, 0) is 4.79 Å². The Bertz CT molecular complexity index is 473. The van der Waals surface area contributed by atoms with Gasteiger partial charge < -0.3 is 20.5 Å². The number of hydrogen-bond acceptors (Lipinski definition) is 3. The highest BCUT2D eigenvalue weighted by Gasteiger charge is 2.18. The van der Waals surface area contributed by atoms with Crippen molar-refractivity contribution in [1.82, 2.24) is 5.32 Å². The summed E-state index contributed by atoms with van der Waals surface area (Å²) in [4.78, 5) is 22.6. The highest BCUT2D eigenvalue weighted by Crippen LogP contribution is 2.22. The number of ether oxygens (including phenoxy) is 1. The predicted molar refractivity (Wildman–Crippen MR) is 71.4 cm³/mol. The van der Waals surface area contributed by atoms with Crippen molar-refractivity contribution in [2.75, 3.05) is 12.4 Å². The smallest absolute Gasteiger partial charge is 0.326 e. The number of methoxy groups -OCH3 is 1. The minimum atomic E-state index is -1.12. The van der Waals surface area contributed by atoms with Gasteiger partial charge in [0.15, 0.2) is 0 Å². The molecule has 1 aromatic carbocycles. The minimum Gasteiger partial charge on any atom is -0.495 e. The highest BCUT2D eigenvalue weighted by molar-refractivity contribution is 5.93. The molecule has 0 saturated carbocycles. The first kappa shape index (κ1) is 14.6. The Morgan fingerprint density at radius 2 is 2.16 bits per heavy atom. The number of aliphatic carboxylic acids is 1. The van der Waals surface area contributed by atoms with E-state index in [-0.39, 0.29) is 6.42 Å². The molecular formula is C13H16N2O4. The Kier molecular flexibility index (Phi) is 5.40. The van der Waals surface area contributed by atoms with Gasteiger partial charge in [-0.1, -0.05) is 18.2 Å². The van der Waals surface area contributed by atoms with Gasteiger partial charge in [-0.25, -0.2) is 9.59 Å². The van der Waals surface area contributed by atoms with Gasteiger partial charge in [-0.3, -0.25) is 0 Å². The molecule has 1 unspecified atom stereocenters. The molecule has 0 fully saturated rings. The van der Waals surface area contributed by atoms with E-state index in [1.54, 1.807) is 24.3 Å². The fraction of sp³-hybridized carbons (Fsp3) is 0.231. The molecule has 0 aromatic heterocycles. The molecule has 2 amide bonds. The van der Waals surface area contributed by atoms with Crippen molar-refractivity contribution in [3.63, 3.8) is 0 Å². The standard InChI is InChI=1S/C13H16N2O4/c1-3-6-10(12(16)17)15-13(18)14-9-7-4-5-8-11(9)19-2/h3-5,7-8,10H,1,6H2,2H3,(H,16,17)(H2,14,15,18). The van der Waals surface area contributed by atoms with Gasteiger partial charge in [0.05, 0.1) is 12.8 Å². The summed E-state index contributed by atoms with van der Waals surface area (Å²) in [6.07, 6.45) is 1.58. The first-order chi connectivity index (χ1) is 9.08. The lowest BCUT2D eigenvalue weighted by Gasteiger charge is -2.14. The summed E-state index contributed by atoms with van der Waals surface area (Å²) >= 11 is 0. The highest BCUT2D eigenvalue weighted by atomic mass is 16.5. The van der Waals surface area contributed by atoms with Crippen molar-refractivity contribution < 1.29 is 19.4 Å². The number of para-hydroxylation sites is 2. The van der Waals surface area contributed by atoms with Gasteiger partial charge in [0.25, 0.3) is 0 Å². The molecule has 6 nitrogen and oxygen atoms in total. The minimum absolute atomic E-state index is 0.147. The number of urea groups is 1. The molecule has 1 atom stereocenters. The van der Waals surface area contributed by atoms with E-state index in [9.17, 15) is 9.59 Å². The lowest BCUT2D eigenvalue weighted by Crippen LogP contribution is -2.42. The largest absolute Gasteiger partial charge is 0.495 e. The molecule has 6 heteroatoms. The maximum Gasteiger partial charge on any atom is 0.326 e. The van der Waals surface area contributed by atoms with Crippen LogP contribution in [0.5, 0.6) is 5.75 Å². The number of amides is 2. The number of hydrogen-bond donors (Lipinski definition) is 3. The average molecular weight is 264 g/mol. The van der Waals surface area contributed by atoms with Crippen LogP contribution in [0.1, 0.15) is 6.42 Å². The molecule has 1 rings (SSSR count). The van der Waals surface area contributed by atoms with Crippen LogP contribution in [-0.4, -0.2) is 30.3 Å². The zero-order chi connectivity index (χ0) is 14.3. The molecule has 0 aliphatic heterocycles. The predicted octanol–water partition coefficient (Wildman–Crippen LogP) is 1.85. The molecule has 0 spiro atoms. The van der Waals surface area contributed by atoms with Gasteiger partial charge in [0.2, 0.25) is 0 Å². The quantitative estimate of drug-likeness (QED) is 0.684. The molecular weight excluding hydrogens is 248 g/mol. The van der Waals surface area contributed by atoms with Crippen LogP contribution < -0.4 is 15.4 Å². The van der Waals surface area contributed by atoms with E-state index in [0.29, 0.717) is 11.4 Å². The Morgan fingerprint density at radius 1 is 1.47 bits per heavy atom. The van der Waals surface area contributed by atoms with Crippen LogP contribution >= 0.6 is 0 Å². The van der Waals surface area contributed by atoms with Crippen LogP contribution in [0.15, 0.2) is 36.9 Å². The van der Waals surface area contributed by atoms with Crippen molar-refractivity contribution >= 4 is 17.7 Å². The number of anilines is 1. The van der Waals surface area contributed by atoms with Gasteiger partial charge in [0.1, 0.15) is 11.8 Å². The van der Waals surface area contributed by atoms with E-state index < -0.39 is 18.0 Å². The van der Waals surface area contributed by atoms with Gasteiger partial charge in [0, 0.05) is 0 Å². The molecule has 0 bridgehead atoms. The van der Waals surface area contributed by atoms with E-state index in [2.05, 4.69) is 17.2 Å². The Balaban J connectivity index is 2.68. The normalized spacial score (nSPS) is 11.2. The summed E-state index contributed by atoms with van der Waals surface area (Å²) in [5.41, 5.74) is 0.463. The Hall–Kier alpha value is -2.50. The third-order valence-electron chi connectivity index (χ3n) is 2.36. The molecule has 3 N–H and O–H groups in total. The number of carboxylic acid groups (broad SMARTS) is 1. The molecule has 1 aromatic rings. The third kappa shape index (κ3) is 4.34. The lowest BCUT2D eigenvalue weighted by molar-refractivity contribution is -0.139. The average Bonchev–Trinajstić information content (AvgIpc) is 2.38. The lowest BCUT2D eigenvalue weighted by atomic mass is 10.2. The fourth-order valence-corrected chi connectivity index (χ4v) is 1.45. The van der Waals surface area contributed by atoms with Crippen molar-refractivity contribution in [3.05, 3.63) is 36.9 Å². The summed E-state index contributed by atoms with van der Waals surface area (Å²) in [6.45, 7) is 3.45. The van der Waals surface area contributed by atoms with E-state index in [1.165, 1.54) is 13.2 Å². The monoisotopic (exact) mass is 264 g/mol. The van der Waals surface area contributed by atoms with E-state index in [1.807, 2.05) is 0 Å². The topological polar surface area (TPSA) is 87.7 Å². The summed E-state index contributed by atoms with van der Waals surface area (Å²) in [6, 6.07) is 5.22. The Labute approximate surface area is 111 Å². The van der Waals surface area contributed by atoms with Gasteiger partial charge in [-0.2, -0.15) is 0 Å². The summed E-state index contributed by atoms with van der Waals surface area (Å²) in [5, 5.41) is 13.8. The Morgan fingerprint density at radius 3 is 2.74 bits per heavy atom. The fourth-order valence-electron chi connectivity index (χ4n) is 1.45. The second-order valence-electron chi connectivity index (χ2n) is 3.71. The summed E-state index contributed by atoms with van der Waals surface area (Å²) in [7, 11) is 1.48. The molecule has 0 aliphatic rings. The number of rotatable bonds is 6. The SMILES string of the molecule is C=CCC(NC(=O)Nc1ccccc1OC)C(=O)O. The van der Waals surface area contributed by atoms with Crippen LogP contribution in [0.4, 0.5) is 10.5 Å². The zero-order valence-corrected chi connectivity index (χ0v) is 10.6. The van der Waals surface area contributed by atoms with Crippen LogP contribution in [0.3, 0.4) is 0 Å². The van der Waals surface area contributed by atoms with Crippen molar-refractivity contribution in [1.29, 1.82) is 0 Å². The van der Waals surface area contributed by atoms with E-state index in [0.717, 1.165) is 0 Å². The van der Waals surface area contributed by atoms with Crippen LogP contribution in [0, 0.1) is 0 Å². The van der Waals surface area contributed by atoms with Crippen LogP contribution in [0.25, 0.3) is 0 Å². The number of carbonyl (C=O) groups is 2. The van der Waals surface area contributed by atoms with Gasteiger partial charge >= 0.3 is 12.0 Å². The van der Waals surface area contributed by atoms with Gasteiger partial charge in [-0.15, -0.1) is 6.58 Å². The summed E-state index contributed by atoms with van der Waals surface area (Å²) in [5.74, 6) is -0.622. The maximum atomic E-state index is 11.7. The van der Waals surface area contributed by atoms with E-state index in [4.69, 9.17) is 9.84 Å². The van der Waals surface area contributed by atoms with Crippen molar-refractivity contribution in [3.8, 4) is 5.75 Å². The maximum absolute atomic E-state index is 11.7. The number of carbonyl (C=O) groups excluding carboxylic acids is 1. The molecule has 0 heterocycles. The first-order valence-corrected chi connectivity index (χ1v) is 5.62. The number of carboxylic acids is 1. The molecule has 0 radical (unpaired) electrons. The number of benzene rings is 1. The third-order valence-corrected chi connectivity index (χ3v) is 2.36. The van der Waals surface area contributed by atoms with Crippen molar-refractivity contribution in [2.45, 2.75) is 12.5 Å². The molecule has 19 heavy (non-hydrogen) atoms. The first-order valence-electron chi connectivity index (χ1n) is 5.62. The zero-order valence-electron chi connectivity index (χ0n) is 10.6. The molecule has 102 valence electrons. The van der Waals surface area contributed by atoms with Crippen LogP contribution in [0.2, 0.25) is 0 Å². The molecule has 0 saturated heterocycles.